The number of hydrogen-bond donors (Lipinski definition) is 0. The van der Waals surface area contributed by atoms with E-state index < -0.39 is 11.6 Å². The standard InChI is InChI=1S/C22H26O4/c1-16-10-12-17(13-11-16)14-18-15-21(23-2,24-3)19-8-6-7-9-20(19)22(18,25-4)26-5/h6-13,15H,14H2,1-5H3. The van der Waals surface area contributed by atoms with Gasteiger partial charge in [0.15, 0.2) is 0 Å². The molecule has 26 heavy (non-hydrogen) atoms. The van der Waals surface area contributed by atoms with E-state index in [0.717, 1.165) is 16.7 Å². The lowest BCUT2D eigenvalue weighted by Crippen LogP contribution is -2.44. The molecule has 0 atom stereocenters. The first-order chi connectivity index (χ1) is 12.5. The van der Waals surface area contributed by atoms with Gasteiger partial charge in [-0.05, 0) is 30.6 Å². The van der Waals surface area contributed by atoms with Crippen LogP contribution in [0.15, 0.2) is 60.2 Å². The smallest absolute Gasteiger partial charge is 0.218 e. The van der Waals surface area contributed by atoms with Gasteiger partial charge in [0.2, 0.25) is 11.6 Å². The zero-order valence-electron chi connectivity index (χ0n) is 16.0. The van der Waals surface area contributed by atoms with Crippen molar-refractivity contribution in [3.8, 4) is 0 Å². The van der Waals surface area contributed by atoms with E-state index >= 15 is 0 Å². The van der Waals surface area contributed by atoms with Crippen LogP contribution in [-0.2, 0) is 36.9 Å². The predicted molar refractivity (Wildman–Crippen MR) is 101 cm³/mol. The summed E-state index contributed by atoms with van der Waals surface area (Å²) in [7, 11) is 6.62. The summed E-state index contributed by atoms with van der Waals surface area (Å²) in [6.07, 6.45) is 2.63. The minimum Gasteiger partial charge on any atom is -0.346 e. The van der Waals surface area contributed by atoms with Gasteiger partial charge in [0.1, 0.15) is 0 Å². The maximum Gasteiger partial charge on any atom is 0.218 e. The van der Waals surface area contributed by atoms with Crippen molar-refractivity contribution in [3.05, 3.63) is 82.4 Å². The average Bonchev–Trinajstić information content (AvgIpc) is 2.69. The van der Waals surface area contributed by atoms with Crippen LogP contribution in [0.5, 0.6) is 0 Å². The fourth-order valence-electron chi connectivity index (χ4n) is 3.73. The lowest BCUT2D eigenvalue weighted by Gasteiger charge is -2.44. The fourth-order valence-corrected chi connectivity index (χ4v) is 3.73. The molecule has 2 aromatic carbocycles. The van der Waals surface area contributed by atoms with Gasteiger partial charge >= 0.3 is 0 Å². The molecule has 0 spiro atoms. The molecule has 0 aliphatic heterocycles. The summed E-state index contributed by atoms with van der Waals surface area (Å²) in [5.74, 6) is -1.96. The van der Waals surface area contributed by atoms with Gasteiger partial charge in [-0.25, -0.2) is 0 Å². The number of rotatable bonds is 6. The van der Waals surface area contributed by atoms with E-state index in [1.165, 1.54) is 11.1 Å². The van der Waals surface area contributed by atoms with Gasteiger partial charge < -0.3 is 18.9 Å². The van der Waals surface area contributed by atoms with Gasteiger partial charge in [-0.15, -0.1) is 0 Å². The molecule has 0 bridgehead atoms. The van der Waals surface area contributed by atoms with E-state index in [0.29, 0.717) is 6.42 Å². The van der Waals surface area contributed by atoms with Gasteiger partial charge in [0.25, 0.3) is 0 Å². The predicted octanol–water partition coefficient (Wildman–Crippen LogP) is 4.07. The summed E-state index contributed by atoms with van der Waals surface area (Å²) < 4.78 is 23.5. The highest BCUT2D eigenvalue weighted by Crippen LogP contribution is 2.48. The second kappa shape index (κ2) is 7.33. The number of ether oxygens (including phenoxy) is 4. The number of methoxy groups -OCH3 is 4. The lowest BCUT2D eigenvalue weighted by atomic mass is 9.80. The van der Waals surface area contributed by atoms with Crippen molar-refractivity contribution in [3.63, 3.8) is 0 Å². The van der Waals surface area contributed by atoms with Crippen molar-refractivity contribution in [2.24, 2.45) is 0 Å². The second-order valence-electron chi connectivity index (χ2n) is 6.48. The van der Waals surface area contributed by atoms with Crippen LogP contribution < -0.4 is 0 Å². The van der Waals surface area contributed by atoms with Crippen LogP contribution in [0.4, 0.5) is 0 Å². The SMILES string of the molecule is COC1(OC)C=C(Cc2ccc(C)cc2)C(OC)(OC)c2ccccc21. The summed E-state index contributed by atoms with van der Waals surface area (Å²) >= 11 is 0. The first kappa shape index (κ1) is 18.8. The maximum absolute atomic E-state index is 5.94. The minimum absolute atomic E-state index is 0.658. The van der Waals surface area contributed by atoms with E-state index in [1.807, 2.05) is 30.3 Å². The molecule has 138 valence electrons. The highest BCUT2D eigenvalue weighted by Gasteiger charge is 2.49. The van der Waals surface area contributed by atoms with Gasteiger partial charge in [0, 0.05) is 39.6 Å². The number of fused-ring (bicyclic) bond motifs is 1. The average molecular weight is 354 g/mol. The Kier molecular flexibility index (Phi) is 5.30. The number of benzene rings is 2. The largest absolute Gasteiger partial charge is 0.346 e. The molecule has 0 amide bonds. The molecular weight excluding hydrogens is 328 g/mol. The highest BCUT2D eigenvalue weighted by molar-refractivity contribution is 5.48. The molecule has 0 N–H and O–H groups in total. The van der Waals surface area contributed by atoms with Crippen LogP contribution in [0.2, 0.25) is 0 Å². The molecule has 0 saturated carbocycles. The first-order valence-corrected chi connectivity index (χ1v) is 8.63. The Morgan fingerprint density at radius 3 is 1.85 bits per heavy atom. The summed E-state index contributed by atoms with van der Waals surface area (Å²) in [5, 5.41) is 0. The third kappa shape index (κ3) is 2.89. The van der Waals surface area contributed by atoms with Gasteiger partial charge in [-0.3, -0.25) is 0 Å². The molecule has 0 fully saturated rings. The summed E-state index contributed by atoms with van der Waals surface area (Å²) in [6.45, 7) is 2.08. The Morgan fingerprint density at radius 2 is 1.31 bits per heavy atom. The fraction of sp³-hybridized carbons (Fsp3) is 0.364. The van der Waals surface area contributed by atoms with Crippen LogP contribution >= 0.6 is 0 Å². The summed E-state index contributed by atoms with van der Waals surface area (Å²) in [5.41, 5.74) is 5.10. The zero-order chi connectivity index (χ0) is 18.8. The molecule has 4 nitrogen and oxygen atoms in total. The normalized spacial score (nSPS) is 17.5. The highest BCUT2D eigenvalue weighted by atomic mass is 16.7. The molecule has 0 heterocycles. The van der Waals surface area contributed by atoms with Crippen LogP contribution in [0.1, 0.15) is 22.3 Å². The van der Waals surface area contributed by atoms with Crippen molar-refractivity contribution < 1.29 is 18.9 Å². The zero-order valence-corrected chi connectivity index (χ0v) is 16.0. The summed E-state index contributed by atoms with van der Waals surface area (Å²) in [6, 6.07) is 16.4. The third-order valence-corrected chi connectivity index (χ3v) is 5.14. The molecule has 0 aromatic heterocycles. The van der Waals surface area contributed by atoms with Gasteiger partial charge in [-0.1, -0.05) is 54.1 Å². The molecule has 4 heteroatoms. The monoisotopic (exact) mass is 354 g/mol. The van der Waals surface area contributed by atoms with E-state index in [9.17, 15) is 0 Å². The van der Waals surface area contributed by atoms with Crippen molar-refractivity contribution >= 4 is 0 Å². The maximum atomic E-state index is 5.94. The first-order valence-electron chi connectivity index (χ1n) is 8.63. The lowest BCUT2D eigenvalue weighted by molar-refractivity contribution is -0.218. The van der Waals surface area contributed by atoms with Crippen LogP contribution in [0, 0.1) is 6.92 Å². The second-order valence-corrected chi connectivity index (χ2v) is 6.48. The Labute approximate surface area is 155 Å². The van der Waals surface area contributed by atoms with Crippen LogP contribution in [0.3, 0.4) is 0 Å². The molecule has 1 aliphatic carbocycles. The minimum atomic E-state index is -0.984. The van der Waals surface area contributed by atoms with Crippen LogP contribution in [-0.4, -0.2) is 28.4 Å². The molecule has 2 aromatic rings. The van der Waals surface area contributed by atoms with E-state index in [2.05, 4.69) is 31.2 Å². The van der Waals surface area contributed by atoms with Crippen molar-refractivity contribution in [1.29, 1.82) is 0 Å². The Bertz CT molecular complexity index is 784. The van der Waals surface area contributed by atoms with E-state index in [4.69, 9.17) is 18.9 Å². The topological polar surface area (TPSA) is 36.9 Å². The Balaban J connectivity index is 2.19. The number of aryl methyl sites for hydroxylation is 1. The molecular formula is C22H26O4. The van der Waals surface area contributed by atoms with Crippen LogP contribution in [0.25, 0.3) is 0 Å². The number of hydrogen-bond acceptors (Lipinski definition) is 4. The van der Waals surface area contributed by atoms with Gasteiger partial charge in [-0.2, -0.15) is 0 Å². The van der Waals surface area contributed by atoms with Crippen molar-refractivity contribution in [2.75, 3.05) is 28.4 Å². The van der Waals surface area contributed by atoms with E-state index in [1.54, 1.807) is 28.4 Å². The molecule has 0 radical (unpaired) electrons. The summed E-state index contributed by atoms with van der Waals surface area (Å²) in [4.78, 5) is 0. The molecule has 0 saturated heterocycles. The van der Waals surface area contributed by atoms with Crippen molar-refractivity contribution in [2.45, 2.75) is 24.9 Å². The molecule has 1 aliphatic rings. The van der Waals surface area contributed by atoms with E-state index in [-0.39, 0.29) is 0 Å². The van der Waals surface area contributed by atoms with Crippen molar-refractivity contribution in [1.82, 2.24) is 0 Å². The molecule has 3 rings (SSSR count). The Morgan fingerprint density at radius 1 is 0.731 bits per heavy atom. The Hall–Kier alpha value is -1.98. The molecule has 0 unspecified atom stereocenters. The quantitative estimate of drug-likeness (QED) is 0.579. The third-order valence-electron chi connectivity index (χ3n) is 5.14. The van der Waals surface area contributed by atoms with Gasteiger partial charge in [0.05, 0.1) is 0 Å².